The molecule has 3 heteroatoms. The lowest BCUT2D eigenvalue weighted by atomic mass is 9.79. The SMILES string of the molecule is CC.CC.CCC1(C)CNCCc2nn(C)c(C)c21. The first-order chi connectivity index (χ1) is 9.08. The van der Waals surface area contributed by atoms with Crippen molar-refractivity contribution in [2.75, 3.05) is 13.1 Å². The summed E-state index contributed by atoms with van der Waals surface area (Å²) in [5.41, 5.74) is 4.37. The van der Waals surface area contributed by atoms with Crippen LogP contribution in [0.4, 0.5) is 0 Å². The van der Waals surface area contributed by atoms with Crippen LogP contribution in [0, 0.1) is 6.92 Å². The normalized spacial score (nSPS) is 21.3. The number of aromatic nitrogens is 2. The molecule has 0 aromatic carbocycles. The van der Waals surface area contributed by atoms with Crippen molar-refractivity contribution in [1.29, 1.82) is 0 Å². The molecule has 0 saturated carbocycles. The highest BCUT2D eigenvalue weighted by Gasteiger charge is 2.33. The smallest absolute Gasteiger partial charge is 0.0677 e. The fourth-order valence-corrected chi connectivity index (χ4v) is 2.60. The zero-order chi connectivity index (χ0) is 15.1. The second-order valence-corrected chi connectivity index (χ2v) is 4.87. The molecule has 0 bridgehead atoms. The van der Waals surface area contributed by atoms with E-state index in [0.717, 1.165) is 19.5 Å². The van der Waals surface area contributed by atoms with Gasteiger partial charge in [0.2, 0.25) is 0 Å². The van der Waals surface area contributed by atoms with E-state index in [1.54, 1.807) is 0 Å². The lowest BCUT2D eigenvalue weighted by Gasteiger charge is -2.27. The summed E-state index contributed by atoms with van der Waals surface area (Å²) in [6, 6.07) is 0. The molecule has 0 saturated heterocycles. The van der Waals surface area contributed by atoms with E-state index < -0.39 is 0 Å². The molecule has 1 N–H and O–H groups in total. The molecular weight excluding hydrogens is 234 g/mol. The third kappa shape index (κ3) is 3.82. The second kappa shape index (κ2) is 8.36. The standard InChI is InChI=1S/C12H21N3.2C2H6/c1-5-12(3)8-13-7-6-10-11(12)9(2)15(4)14-10;2*1-2/h13H,5-8H2,1-4H3;2*1-2H3. The summed E-state index contributed by atoms with van der Waals surface area (Å²) in [7, 11) is 2.05. The van der Waals surface area contributed by atoms with E-state index >= 15 is 0 Å². The van der Waals surface area contributed by atoms with Crippen LogP contribution in [0.25, 0.3) is 0 Å². The molecule has 1 aliphatic rings. The molecule has 0 amide bonds. The van der Waals surface area contributed by atoms with Crippen LogP contribution >= 0.6 is 0 Å². The maximum Gasteiger partial charge on any atom is 0.0677 e. The van der Waals surface area contributed by atoms with E-state index in [9.17, 15) is 0 Å². The van der Waals surface area contributed by atoms with Crippen LogP contribution in [0.1, 0.15) is 64.9 Å². The summed E-state index contributed by atoms with van der Waals surface area (Å²) < 4.78 is 2.03. The van der Waals surface area contributed by atoms with E-state index in [2.05, 4.69) is 31.2 Å². The quantitative estimate of drug-likeness (QED) is 0.842. The zero-order valence-corrected chi connectivity index (χ0v) is 14.2. The van der Waals surface area contributed by atoms with Gasteiger partial charge in [0.05, 0.1) is 5.69 Å². The first-order valence-electron chi connectivity index (χ1n) is 7.82. The minimum Gasteiger partial charge on any atom is -0.315 e. The number of aryl methyl sites for hydroxylation is 1. The van der Waals surface area contributed by atoms with E-state index in [1.165, 1.54) is 23.4 Å². The topological polar surface area (TPSA) is 29.9 Å². The van der Waals surface area contributed by atoms with Crippen molar-refractivity contribution in [2.45, 2.75) is 66.7 Å². The number of hydrogen-bond acceptors (Lipinski definition) is 2. The van der Waals surface area contributed by atoms with Crippen LogP contribution in [0.15, 0.2) is 0 Å². The van der Waals surface area contributed by atoms with Crippen LogP contribution < -0.4 is 5.32 Å². The summed E-state index contributed by atoms with van der Waals surface area (Å²) in [6.45, 7) is 16.9. The predicted molar refractivity (Wildman–Crippen MR) is 84.9 cm³/mol. The average molecular weight is 267 g/mol. The number of hydrogen-bond donors (Lipinski definition) is 1. The number of fused-ring (bicyclic) bond motifs is 1. The highest BCUT2D eigenvalue weighted by molar-refractivity contribution is 5.35. The fourth-order valence-electron chi connectivity index (χ4n) is 2.60. The molecule has 0 fully saturated rings. The first kappa shape index (κ1) is 18.2. The molecular formula is C16H33N3. The molecule has 0 radical (unpaired) electrons. The third-order valence-corrected chi connectivity index (χ3v) is 3.84. The fraction of sp³-hybridized carbons (Fsp3) is 0.812. The van der Waals surface area contributed by atoms with Crippen molar-refractivity contribution in [3.05, 3.63) is 17.0 Å². The van der Waals surface area contributed by atoms with Crippen LogP contribution in [0.5, 0.6) is 0 Å². The second-order valence-electron chi connectivity index (χ2n) is 4.87. The Labute approximate surface area is 119 Å². The number of rotatable bonds is 1. The molecule has 112 valence electrons. The highest BCUT2D eigenvalue weighted by Crippen LogP contribution is 2.33. The van der Waals surface area contributed by atoms with Gasteiger partial charge in [0, 0.05) is 43.2 Å². The van der Waals surface area contributed by atoms with Gasteiger partial charge < -0.3 is 5.32 Å². The van der Waals surface area contributed by atoms with Crippen LogP contribution in [-0.4, -0.2) is 22.9 Å². The van der Waals surface area contributed by atoms with Crippen LogP contribution in [0.2, 0.25) is 0 Å². The summed E-state index contributed by atoms with van der Waals surface area (Å²) in [6.07, 6.45) is 2.23. The molecule has 0 aliphatic carbocycles. The minimum atomic E-state index is 0.254. The molecule has 2 heterocycles. The van der Waals surface area contributed by atoms with Crippen LogP contribution in [0.3, 0.4) is 0 Å². The van der Waals surface area contributed by atoms with E-state index in [0.29, 0.717) is 0 Å². The molecule has 0 spiro atoms. The molecule has 1 aromatic rings. The summed E-state index contributed by atoms with van der Waals surface area (Å²) in [5.74, 6) is 0. The van der Waals surface area contributed by atoms with E-state index in [1.807, 2.05) is 39.4 Å². The largest absolute Gasteiger partial charge is 0.315 e. The Morgan fingerprint density at radius 3 is 2.37 bits per heavy atom. The predicted octanol–water partition coefficient (Wildman–Crippen LogP) is 3.59. The van der Waals surface area contributed by atoms with Crippen molar-refractivity contribution in [2.24, 2.45) is 7.05 Å². The van der Waals surface area contributed by atoms with Crippen LogP contribution in [-0.2, 0) is 18.9 Å². The van der Waals surface area contributed by atoms with Gasteiger partial charge in [-0.25, -0.2) is 0 Å². The third-order valence-electron chi connectivity index (χ3n) is 3.84. The van der Waals surface area contributed by atoms with Gasteiger partial charge in [-0.3, -0.25) is 4.68 Å². The maximum absolute atomic E-state index is 4.63. The van der Waals surface area contributed by atoms with Gasteiger partial charge in [0.1, 0.15) is 0 Å². The molecule has 1 aliphatic heterocycles. The monoisotopic (exact) mass is 267 g/mol. The molecule has 3 nitrogen and oxygen atoms in total. The lowest BCUT2D eigenvalue weighted by Crippen LogP contribution is -2.34. The van der Waals surface area contributed by atoms with Gasteiger partial charge in [-0.1, -0.05) is 41.5 Å². The van der Waals surface area contributed by atoms with Gasteiger partial charge >= 0.3 is 0 Å². The number of nitrogens with one attached hydrogen (secondary N) is 1. The van der Waals surface area contributed by atoms with Crippen molar-refractivity contribution < 1.29 is 0 Å². The summed E-state index contributed by atoms with van der Waals surface area (Å²) in [5, 5.41) is 8.15. The zero-order valence-electron chi connectivity index (χ0n) is 14.2. The Balaban J connectivity index is 0.000000741. The van der Waals surface area contributed by atoms with Crippen molar-refractivity contribution in [1.82, 2.24) is 15.1 Å². The van der Waals surface area contributed by atoms with E-state index in [-0.39, 0.29) is 5.41 Å². The van der Waals surface area contributed by atoms with Gasteiger partial charge in [-0.05, 0) is 13.3 Å². The van der Waals surface area contributed by atoms with Crippen molar-refractivity contribution in [3.8, 4) is 0 Å². The lowest BCUT2D eigenvalue weighted by molar-refractivity contribution is 0.427. The maximum atomic E-state index is 4.63. The Morgan fingerprint density at radius 1 is 1.26 bits per heavy atom. The molecule has 1 atom stereocenters. The Kier molecular flexibility index (Phi) is 8.00. The molecule has 19 heavy (non-hydrogen) atoms. The summed E-state index contributed by atoms with van der Waals surface area (Å²) in [4.78, 5) is 0. The number of nitrogens with zero attached hydrogens (tertiary/aromatic N) is 2. The molecule has 2 rings (SSSR count). The average Bonchev–Trinajstić information content (AvgIpc) is 2.64. The van der Waals surface area contributed by atoms with Gasteiger partial charge in [-0.15, -0.1) is 0 Å². The Bertz CT molecular complexity index is 368. The van der Waals surface area contributed by atoms with Gasteiger partial charge in [0.25, 0.3) is 0 Å². The van der Waals surface area contributed by atoms with E-state index in [4.69, 9.17) is 0 Å². The Morgan fingerprint density at radius 2 is 1.84 bits per heavy atom. The highest BCUT2D eigenvalue weighted by atomic mass is 15.3. The van der Waals surface area contributed by atoms with Gasteiger partial charge in [0.15, 0.2) is 0 Å². The van der Waals surface area contributed by atoms with Gasteiger partial charge in [-0.2, -0.15) is 5.10 Å². The molecule has 1 aromatic heterocycles. The molecule has 1 unspecified atom stereocenters. The Hall–Kier alpha value is -0.830. The summed E-state index contributed by atoms with van der Waals surface area (Å²) >= 11 is 0. The first-order valence-corrected chi connectivity index (χ1v) is 7.82. The van der Waals surface area contributed by atoms with Crippen molar-refractivity contribution >= 4 is 0 Å². The minimum absolute atomic E-state index is 0.254. The van der Waals surface area contributed by atoms with Crippen molar-refractivity contribution in [3.63, 3.8) is 0 Å².